The SMILES string of the molecule is CCNC(=NCC(Nc1ccccc1)C(C)C)N1CCOC(C2CCCO2)C1. The van der Waals surface area contributed by atoms with Crippen molar-refractivity contribution in [1.29, 1.82) is 0 Å². The van der Waals surface area contributed by atoms with E-state index in [4.69, 9.17) is 14.5 Å². The van der Waals surface area contributed by atoms with Crippen LogP contribution in [0.5, 0.6) is 0 Å². The summed E-state index contributed by atoms with van der Waals surface area (Å²) >= 11 is 0. The number of ether oxygens (including phenoxy) is 2. The Kier molecular flexibility index (Phi) is 7.98. The second-order valence-corrected chi connectivity index (χ2v) is 7.96. The van der Waals surface area contributed by atoms with Gasteiger partial charge < -0.3 is 25.0 Å². The molecule has 3 unspecified atom stereocenters. The average molecular weight is 389 g/mol. The molecule has 3 atom stereocenters. The maximum atomic E-state index is 6.00. The van der Waals surface area contributed by atoms with Crippen molar-refractivity contribution < 1.29 is 9.47 Å². The molecule has 0 aromatic heterocycles. The average Bonchev–Trinajstić information content (AvgIpc) is 3.26. The van der Waals surface area contributed by atoms with E-state index in [1.54, 1.807) is 0 Å². The summed E-state index contributed by atoms with van der Waals surface area (Å²) in [5.41, 5.74) is 1.14. The van der Waals surface area contributed by atoms with Crippen molar-refractivity contribution in [3.63, 3.8) is 0 Å². The number of anilines is 1. The van der Waals surface area contributed by atoms with Gasteiger partial charge in [-0.2, -0.15) is 0 Å². The van der Waals surface area contributed by atoms with E-state index in [0.717, 1.165) is 63.9 Å². The van der Waals surface area contributed by atoms with E-state index in [1.807, 2.05) is 6.07 Å². The van der Waals surface area contributed by atoms with Crippen LogP contribution in [-0.2, 0) is 9.47 Å². The topological polar surface area (TPSA) is 58.1 Å². The molecule has 2 aliphatic rings. The first-order valence-electron chi connectivity index (χ1n) is 10.8. The number of nitrogens with zero attached hydrogens (tertiary/aromatic N) is 2. The van der Waals surface area contributed by atoms with Crippen molar-refractivity contribution >= 4 is 11.6 Å². The molecular weight excluding hydrogens is 352 g/mol. The van der Waals surface area contributed by atoms with Crippen molar-refractivity contribution in [3.05, 3.63) is 30.3 Å². The van der Waals surface area contributed by atoms with E-state index in [-0.39, 0.29) is 18.2 Å². The molecule has 0 bridgehead atoms. The molecular formula is C22H36N4O2. The highest BCUT2D eigenvalue weighted by Gasteiger charge is 2.32. The van der Waals surface area contributed by atoms with Crippen molar-refractivity contribution in [2.45, 2.75) is 51.9 Å². The summed E-state index contributed by atoms with van der Waals surface area (Å²) in [6.07, 6.45) is 2.61. The fourth-order valence-electron chi connectivity index (χ4n) is 3.77. The Morgan fingerprint density at radius 2 is 1.96 bits per heavy atom. The zero-order valence-corrected chi connectivity index (χ0v) is 17.6. The Morgan fingerprint density at radius 1 is 1.18 bits per heavy atom. The van der Waals surface area contributed by atoms with Gasteiger partial charge in [0.05, 0.1) is 19.3 Å². The van der Waals surface area contributed by atoms with Gasteiger partial charge in [0.25, 0.3) is 0 Å². The van der Waals surface area contributed by atoms with Gasteiger partial charge in [-0.3, -0.25) is 4.99 Å². The van der Waals surface area contributed by atoms with Gasteiger partial charge in [0.2, 0.25) is 0 Å². The van der Waals surface area contributed by atoms with Gasteiger partial charge in [0, 0.05) is 38.0 Å². The van der Waals surface area contributed by atoms with Crippen molar-refractivity contribution in [2.24, 2.45) is 10.9 Å². The first-order valence-corrected chi connectivity index (χ1v) is 10.8. The third-order valence-corrected chi connectivity index (χ3v) is 5.48. The van der Waals surface area contributed by atoms with Crippen LogP contribution in [0.1, 0.15) is 33.6 Å². The Bertz CT molecular complexity index is 602. The van der Waals surface area contributed by atoms with Crippen LogP contribution in [0, 0.1) is 5.92 Å². The highest BCUT2D eigenvalue weighted by Crippen LogP contribution is 2.21. The summed E-state index contributed by atoms with van der Waals surface area (Å²) in [5, 5.41) is 7.11. The van der Waals surface area contributed by atoms with Gasteiger partial charge in [0.1, 0.15) is 6.10 Å². The molecule has 0 saturated carbocycles. The Balaban J connectivity index is 1.64. The predicted octanol–water partition coefficient (Wildman–Crippen LogP) is 2.97. The van der Waals surface area contributed by atoms with Gasteiger partial charge in [-0.15, -0.1) is 0 Å². The monoisotopic (exact) mass is 388 g/mol. The molecule has 0 aliphatic carbocycles. The number of rotatable bonds is 7. The minimum Gasteiger partial charge on any atom is -0.380 e. The van der Waals surface area contributed by atoms with E-state index in [9.17, 15) is 0 Å². The summed E-state index contributed by atoms with van der Waals surface area (Å²) in [6.45, 7) is 11.5. The summed E-state index contributed by atoms with van der Waals surface area (Å²) in [4.78, 5) is 7.32. The number of para-hydroxylation sites is 1. The van der Waals surface area contributed by atoms with E-state index in [2.05, 4.69) is 60.6 Å². The lowest BCUT2D eigenvalue weighted by Gasteiger charge is -2.37. The molecule has 0 spiro atoms. The number of benzene rings is 1. The minimum absolute atomic E-state index is 0.142. The number of hydrogen-bond donors (Lipinski definition) is 2. The molecule has 0 radical (unpaired) electrons. The van der Waals surface area contributed by atoms with Crippen LogP contribution in [0.4, 0.5) is 5.69 Å². The zero-order chi connectivity index (χ0) is 19.8. The number of aliphatic imine (C=N–C) groups is 1. The standard InChI is InChI=1S/C22H36N4O2/c1-4-23-22(26-12-14-28-21(16-26)20-11-8-13-27-20)24-15-19(17(2)3)25-18-9-6-5-7-10-18/h5-7,9-10,17,19-21,25H,4,8,11-16H2,1-3H3,(H,23,24). The minimum atomic E-state index is 0.142. The van der Waals surface area contributed by atoms with Gasteiger partial charge in [-0.1, -0.05) is 32.0 Å². The molecule has 2 fully saturated rings. The Labute approximate surface area is 169 Å². The second kappa shape index (κ2) is 10.7. The molecule has 1 aromatic carbocycles. The fourth-order valence-corrected chi connectivity index (χ4v) is 3.77. The lowest BCUT2D eigenvalue weighted by Crippen LogP contribution is -2.53. The van der Waals surface area contributed by atoms with E-state index < -0.39 is 0 Å². The molecule has 1 aromatic rings. The van der Waals surface area contributed by atoms with Crippen LogP contribution in [0.25, 0.3) is 0 Å². The third-order valence-electron chi connectivity index (χ3n) is 5.48. The van der Waals surface area contributed by atoms with Crippen LogP contribution >= 0.6 is 0 Å². The molecule has 2 heterocycles. The number of guanidine groups is 1. The van der Waals surface area contributed by atoms with Gasteiger partial charge in [-0.05, 0) is 37.8 Å². The molecule has 3 rings (SSSR count). The quantitative estimate of drug-likeness (QED) is 0.556. The van der Waals surface area contributed by atoms with Crippen molar-refractivity contribution in [1.82, 2.24) is 10.2 Å². The highest BCUT2D eigenvalue weighted by molar-refractivity contribution is 5.80. The maximum absolute atomic E-state index is 6.00. The highest BCUT2D eigenvalue weighted by atomic mass is 16.5. The van der Waals surface area contributed by atoms with E-state index >= 15 is 0 Å². The Hall–Kier alpha value is -1.79. The molecule has 28 heavy (non-hydrogen) atoms. The van der Waals surface area contributed by atoms with Gasteiger partial charge in [0.15, 0.2) is 5.96 Å². The summed E-state index contributed by atoms with van der Waals surface area (Å²) < 4.78 is 11.9. The first kappa shape index (κ1) is 20.9. The molecule has 6 heteroatoms. The summed E-state index contributed by atoms with van der Waals surface area (Å²) in [5.74, 6) is 1.46. The number of morpholine rings is 1. The van der Waals surface area contributed by atoms with Crippen molar-refractivity contribution in [3.8, 4) is 0 Å². The molecule has 156 valence electrons. The zero-order valence-electron chi connectivity index (χ0n) is 17.6. The van der Waals surface area contributed by atoms with E-state index in [1.165, 1.54) is 0 Å². The Morgan fingerprint density at radius 3 is 2.64 bits per heavy atom. The van der Waals surface area contributed by atoms with Gasteiger partial charge >= 0.3 is 0 Å². The fraction of sp³-hybridized carbons (Fsp3) is 0.682. The van der Waals surface area contributed by atoms with Crippen LogP contribution < -0.4 is 10.6 Å². The molecule has 2 aliphatic heterocycles. The van der Waals surface area contributed by atoms with Crippen LogP contribution in [0.2, 0.25) is 0 Å². The summed E-state index contributed by atoms with van der Waals surface area (Å²) in [7, 11) is 0. The molecule has 2 N–H and O–H groups in total. The molecule has 0 amide bonds. The van der Waals surface area contributed by atoms with Crippen molar-refractivity contribution in [2.75, 3.05) is 44.7 Å². The normalized spacial score (nSPS) is 24.4. The first-order chi connectivity index (χ1) is 13.7. The molecule has 2 saturated heterocycles. The second-order valence-electron chi connectivity index (χ2n) is 7.96. The maximum Gasteiger partial charge on any atom is 0.194 e. The summed E-state index contributed by atoms with van der Waals surface area (Å²) in [6, 6.07) is 10.7. The smallest absolute Gasteiger partial charge is 0.194 e. The lowest BCUT2D eigenvalue weighted by molar-refractivity contribution is -0.0817. The van der Waals surface area contributed by atoms with E-state index in [0.29, 0.717) is 5.92 Å². The largest absolute Gasteiger partial charge is 0.380 e. The van der Waals surface area contributed by atoms with Crippen LogP contribution in [-0.4, -0.2) is 68.5 Å². The molecule has 6 nitrogen and oxygen atoms in total. The number of hydrogen-bond acceptors (Lipinski definition) is 4. The predicted molar refractivity (Wildman–Crippen MR) is 115 cm³/mol. The van der Waals surface area contributed by atoms with Gasteiger partial charge in [-0.25, -0.2) is 0 Å². The van der Waals surface area contributed by atoms with Crippen LogP contribution in [0.15, 0.2) is 35.3 Å². The third kappa shape index (κ3) is 5.85. The lowest BCUT2D eigenvalue weighted by atomic mass is 10.0. The van der Waals surface area contributed by atoms with Crippen LogP contribution in [0.3, 0.4) is 0 Å². The number of nitrogens with one attached hydrogen (secondary N) is 2.